The Morgan fingerprint density at radius 1 is 1.25 bits per heavy atom. The largest absolute Gasteiger partial charge is 0.360 e. The molecule has 0 aromatic carbocycles. The molecule has 1 N–H and O–H groups in total. The Labute approximate surface area is 114 Å². The van der Waals surface area contributed by atoms with Crippen LogP contribution in [-0.2, 0) is 0 Å². The van der Waals surface area contributed by atoms with Crippen LogP contribution < -0.4 is 5.32 Å². The van der Waals surface area contributed by atoms with E-state index in [-0.39, 0.29) is 5.91 Å². The van der Waals surface area contributed by atoms with Gasteiger partial charge in [0, 0.05) is 17.8 Å². The SMILES string of the molecule is Cc1cc2nc(C(=O)Nc3cc(C)on3)cc(C)n2n1. The van der Waals surface area contributed by atoms with Crippen LogP contribution in [0.3, 0.4) is 0 Å². The van der Waals surface area contributed by atoms with Gasteiger partial charge in [-0.3, -0.25) is 4.79 Å². The molecule has 1 amide bonds. The summed E-state index contributed by atoms with van der Waals surface area (Å²) in [5.74, 6) is 0.672. The molecule has 0 radical (unpaired) electrons. The molecule has 0 aliphatic carbocycles. The Bertz CT molecular complexity index is 802. The number of nitrogens with one attached hydrogen (secondary N) is 1. The van der Waals surface area contributed by atoms with E-state index in [2.05, 4.69) is 20.6 Å². The molecular weight excluding hydrogens is 258 g/mol. The second-order valence-corrected chi connectivity index (χ2v) is 4.62. The van der Waals surface area contributed by atoms with Crippen LogP contribution in [0.2, 0.25) is 0 Å². The van der Waals surface area contributed by atoms with Crippen molar-refractivity contribution in [3.63, 3.8) is 0 Å². The van der Waals surface area contributed by atoms with Crippen LogP contribution in [-0.4, -0.2) is 25.7 Å². The van der Waals surface area contributed by atoms with Gasteiger partial charge in [-0.05, 0) is 26.8 Å². The molecule has 7 heteroatoms. The quantitative estimate of drug-likeness (QED) is 0.769. The summed E-state index contributed by atoms with van der Waals surface area (Å²) in [6.07, 6.45) is 0. The van der Waals surface area contributed by atoms with Crippen molar-refractivity contribution in [1.29, 1.82) is 0 Å². The smallest absolute Gasteiger partial charge is 0.275 e. The van der Waals surface area contributed by atoms with Crippen molar-refractivity contribution in [3.8, 4) is 0 Å². The first-order valence-electron chi connectivity index (χ1n) is 6.11. The summed E-state index contributed by atoms with van der Waals surface area (Å²) in [7, 11) is 0. The summed E-state index contributed by atoms with van der Waals surface area (Å²) < 4.78 is 6.60. The first-order valence-corrected chi connectivity index (χ1v) is 6.11. The number of carbonyl (C=O) groups is 1. The lowest BCUT2D eigenvalue weighted by molar-refractivity contribution is 0.102. The topological polar surface area (TPSA) is 85.3 Å². The molecule has 0 atom stereocenters. The second kappa shape index (κ2) is 4.44. The van der Waals surface area contributed by atoms with Crippen molar-refractivity contribution < 1.29 is 9.32 Å². The van der Waals surface area contributed by atoms with Gasteiger partial charge in [0.2, 0.25) is 0 Å². The van der Waals surface area contributed by atoms with Crippen LogP contribution in [0, 0.1) is 20.8 Å². The normalized spacial score (nSPS) is 10.9. The highest BCUT2D eigenvalue weighted by Gasteiger charge is 2.13. The van der Waals surface area contributed by atoms with E-state index in [1.165, 1.54) is 0 Å². The summed E-state index contributed by atoms with van der Waals surface area (Å²) in [6, 6.07) is 5.15. The Hall–Kier alpha value is -2.70. The minimum Gasteiger partial charge on any atom is -0.360 e. The fourth-order valence-corrected chi connectivity index (χ4v) is 1.96. The molecule has 0 aliphatic rings. The number of rotatable bonds is 2. The maximum atomic E-state index is 12.1. The molecular formula is C13H13N5O2. The molecule has 0 bridgehead atoms. The lowest BCUT2D eigenvalue weighted by Crippen LogP contribution is -2.15. The molecule has 102 valence electrons. The zero-order valence-corrected chi connectivity index (χ0v) is 11.3. The van der Waals surface area contributed by atoms with Crippen LogP contribution in [0.15, 0.2) is 22.7 Å². The van der Waals surface area contributed by atoms with Crippen molar-refractivity contribution >= 4 is 17.4 Å². The minimum atomic E-state index is -0.331. The molecule has 3 heterocycles. The highest BCUT2D eigenvalue weighted by atomic mass is 16.5. The third-order valence-corrected chi connectivity index (χ3v) is 2.83. The van der Waals surface area contributed by atoms with E-state index in [1.807, 2.05) is 19.9 Å². The minimum absolute atomic E-state index is 0.315. The van der Waals surface area contributed by atoms with E-state index in [0.717, 1.165) is 11.4 Å². The lowest BCUT2D eigenvalue weighted by Gasteiger charge is -2.04. The summed E-state index contributed by atoms with van der Waals surface area (Å²) in [5.41, 5.74) is 2.65. The molecule has 0 saturated heterocycles. The van der Waals surface area contributed by atoms with Gasteiger partial charge in [0.1, 0.15) is 11.5 Å². The van der Waals surface area contributed by atoms with Gasteiger partial charge in [-0.1, -0.05) is 5.16 Å². The van der Waals surface area contributed by atoms with Crippen LogP contribution in [0.25, 0.3) is 5.65 Å². The van der Waals surface area contributed by atoms with Crippen LogP contribution in [0.5, 0.6) is 0 Å². The Kier molecular flexibility index (Phi) is 2.74. The lowest BCUT2D eigenvalue weighted by atomic mass is 10.3. The molecule has 20 heavy (non-hydrogen) atoms. The first kappa shape index (κ1) is 12.3. The van der Waals surface area contributed by atoms with Gasteiger partial charge in [0.15, 0.2) is 11.5 Å². The van der Waals surface area contributed by atoms with E-state index in [4.69, 9.17) is 4.52 Å². The van der Waals surface area contributed by atoms with Crippen molar-refractivity contribution in [3.05, 3.63) is 41.0 Å². The Morgan fingerprint density at radius 3 is 2.75 bits per heavy atom. The van der Waals surface area contributed by atoms with E-state index < -0.39 is 0 Å². The van der Waals surface area contributed by atoms with Crippen molar-refractivity contribution in [1.82, 2.24) is 19.8 Å². The van der Waals surface area contributed by atoms with E-state index >= 15 is 0 Å². The third-order valence-electron chi connectivity index (χ3n) is 2.83. The molecule has 3 aromatic rings. The standard InChI is InChI=1S/C13H13N5O2/c1-7-4-12-14-10(5-8(2)18(12)16-7)13(19)15-11-6-9(3)20-17-11/h4-6H,1-3H3,(H,15,17,19). The maximum Gasteiger partial charge on any atom is 0.275 e. The monoisotopic (exact) mass is 271 g/mol. The molecule has 0 spiro atoms. The molecule has 3 rings (SSSR count). The van der Waals surface area contributed by atoms with Gasteiger partial charge in [-0.15, -0.1) is 0 Å². The van der Waals surface area contributed by atoms with Gasteiger partial charge < -0.3 is 9.84 Å². The predicted octanol–water partition coefficient (Wildman–Crippen LogP) is 1.89. The number of amides is 1. The van der Waals surface area contributed by atoms with Crippen molar-refractivity contribution in [2.24, 2.45) is 0 Å². The fraction of sp³-hybridized carbons (Fsp3) is 0.231. The number of aromatic nitrogens is 4. The van der Waals surface area contributed by atoms with E-state index in [9.17, 15) is 4.79 Å². The van der Waals surface area contributed by atoms with Gasteiger partial charge in [-0.2, -0.15) is 5.10 Å². The number of carbonyl (C=O) groups excluding carboxylic acids is 1. The predicted molar refractivity (Wildman–Crippen MR) is 71.7 cm³/mol. The zero-order chi connectivity index (χ0) is 14.3. The van der Waals surface area contributed by atoms with E-state index in [0.29, 0.717) is 22.9 Å². The molecule has 7 nitrogen and oxygen atoms in total. The molecule has 0 aliphatic heterocycles. The van der Waals surface area contributed by atoms with Crippen LogP contribution >= 0.6 is 0 Å². The Morgan fingerprint density at radius 2 is 2.05 bits per heavy atom. The van der Waals surface area contributed by atoms with Gasteiger partial charge in [0.05, 0.1) is 5.69 Å². The van der Waals surface area contributed by atoms with Gasteiger partial charge in [0.25, 0.3) is 5.91 Å². The summed E-state index contributed by atoms with van der Waals surface area (Å²) in [5, 5.41) is 10.7. The third kappa shape index (κ3) is 2.13. The number of anilines is 1. The average molecular weight is 271 g/mol. The zero-order valence-electron chi connectivity index (χ0n) is 11.3. The molecule has 0 fully saturated rings. The number of hydrogen-bond donors (Lipinski definition) is 1. The van der Waals surface area contributed by atoms with Gasteiger partial charge in [-0.25, -0.2) is 9.50 Å². The second-order valence-electron chi connectivity index (χ2n) is 4.62. The Balaban J connectivity index is 1.95. The van der Waals surface area contributed by atoms with Crippen molar-refractivity contribution in [2.45, 2.75) is 20.8 Å². The fourth-order valence-electron chi connectivity index (χ4n) is 1.96. The van der Waals surface area contributed by atoms with Crippen LogP contribution in [0.1, 0.15) is 27.6 Å². The van der Waals surface area contributed by atoms with Crippen LogP contribution in [0.4, 0.5) is 5.82 Å². The molecule has 3 aromatic heterocycles. The number of hydrogen-bond acceptors (Lipinski definition) is 5. The molecule has 0 saturated carbocycles. The number of nitrogens with zero attached hydrogens (tertiary/aromatic N) is 4. The first-order chi connectivity index (χ1) is 9.52. The average Bonchev–Trinajstić information content (AvgIpc) is 2.95. The summed E-state index contributed by atoms with van der Waals surface area (Å²) >= 11 is 0. The number of aryl methyl sites for hydroxylation is 3. The van der Waals surface area contributed by atoms with E-state index in [1.54, 1.807) is 23.6 Å². The molecule has 0 unspecified atom stereocenters. The number of fused-ring (bicyclic) bond motifs is 1. The van der Waals surface area contributed by atoms with Gasteiger partial charge >= 0.3 is 0 Å². The maximum absolute atomic E-state index is 12.1. The summed E-state index contributed by atoms with van der Waals surface area (Å²) in [4.78, 5) is 16.4. The summed E-state index contributed by atoms with van der Waals surface area (Å²) in [6.45, 7) is 5.51. The van der Waals surface area contributed by atoms with Crippen molar-refractivity contribution in [2.75, 3.05) is 5.32 Å². The highest BCUT2D eigenvalue weighted by molar-refractivity contribution is 6.02. The highest BCUT2D eigenvalue weighted by Crippen LogP contribution is 2.12.